The number of carbonyl (C=O) groups excluding carboxylic acids is 2. The van der Waals surface area contributed by atoms with Crippen molar-refractivity contribution in [3.8, 4) is 17.4 Å². The summed E-state index contributed by atoms with van der Waals surface area (Å²) in [7, 11) is 1.62. The highest BCUT2D eigenvalue weighted by atomic mass is 16.6. The number of rotatable bonds is 6. The molecule has 0 aliphatic carbocycles. The molecule has 5 rings (SSSR count). The molecule has 2 saturated heterocycles. The lowest BCUT2D eigenvalue weighted by atomic mass is 9.83. The predicted octanol–water partition coefficient (Wildman–Crippen LogP) is 4.78. The molecule has 2 amide bonds. The molecule has 7 nitrogen and oxygen atoms in total. The van der Waals surface area contributed by atoms with Crippen LogP contribution in [0.1, 0.15) is 35.4 Å². The molecule has 2 aromatic carbocycles. The molecule has 3 aromatic rings. The van der Waals surface area contributed by atoms with Gasteiger partial charge in [-0.05, 0) is 49.4 Å². The summed E-state index contributed by atoms with van der Waals surface area (Å²) in [6, 6.07) is 20.4. The van der Waals surface area contributed by atoms with Crippen molar-refractivity contribution < 1.29 is 23.5 Å². The highest BCUT2D eigenvalue weighted by Crippen LogP contribution is 2.33. The van der Waals surface area contributed by atoms with Gasteiger partial charge in [-0.25, -0.2) is 0 Å². The first kappa shape index (κ1) is 23.0. The van der Waals surface area contributed by atoms with Gasteiger partial charge in [0.15, 0.2) is 5.76 Å². The van der Waals surface area contributed by atoms with Gasteiger partial charge in [-0.2, -0.15) is 0 Å². The standard InChI is InChI=1S/C28H30N2O5/c1-33-24-12-6-5-8-20(24)18-26(31)29-17-15-23-21(19-29)9-7-16-30(23)28(32)25-13-14-27(35-25)34-22-10-3-2-4-11-22/h2-6,8,10-14,21,23H,7,9,15-19H2,1H3/t21-,23-/m1/s1. The minimum Gasteiger partial charge on any atom is -0.496 e. The lowest BCUT2D eigenvalue weighted by Gasteiger charge is -2.47. The number of piperidine rings is 2. The lowest BCUT2D eigenvalue weighted by Crippen LogP contribution is -2.56. The van der Waals surface area contributed by atoms with Gasteiger partial charge in [-0.1, -0.05) is 36.4 Å². The van der Waals surface area contributed by atoms with Crippen LogP contribution in [-0.4, -0.2) is 54.4 Å². The summed E-state index contributed by atoms with van der Waals surface area (Å²) in [4.78, 5) is 30.3. The molecule has 0 radical (unpaired) electrons. The average Bonchev–Trinajstić information content (AvgIpc) is 3.37. The van der Waals surface area contributed by atoms with E-state index >= 15 is 0 Å². The first-order chi connectivity index (χ1) is 17.1. The van der Waals surface area contributed by atoms with Crippen LogP contribution in [0.3, 0.4) is 0 Å². The Morgan fingerprint density at radius 1 is 0.971 bits per heavy atom. The van der Waals surface area contributed by atoms with E-state index in [1.54, 1.807) is 19.2 Å². The molecule has 1 aromatic heterocycles. The van der Waals surface area contributed by atoms with Gasteiger partial charge in [0.1, 0.15) is 11.5 Å². The molecule has 2 atom stereocenters. The molecular weight excluding hydrogens is 444 g/mol. The molecule has 2 aliphatic rings. The van der Waals surface area contributed by atoms with Crippen LogP contribution in [-0.2, 0) is 11.2 Å². The molecule has 0 N–H and O–H groups in total. The third-order valence-electron chi connectivity index (χ3n) is 6.97. The van der Waals surface area contributed by atoms with Crippen molar-refractivity contribution in [1.82, 2.24) is 9.80 Å². The summed E-state index contributed by atoms with van der Waals surface area (Å²) in [6.07, 6.45) is 3.01. The fourth-order valence-corrected chi connectivity index (χ4v) is 5.24. The average molecular weight is 475 g/mol. The number of fused-ring (bicyclic) bond motifs is 1. The van der Waals surface area contributed by atoms with Gasteiger partial charge in [-0.15, -0.1) is 0 Å². The number of amides is 2. The molecule has 0 saturated carbocycles. The second-order valence-electron chi connectivity index (χ2n) is 9.12. The smallest absolute Gasteiger partial charge is 0.290 e. The number of hydrogen-bond donors (Lipinski definition) is 0. The van der Waals surface area contributed by atoms with E-state index in [1.165, 1.54) is 0 Å². The van der Waals surface area contributed by atoms with Gasteiger partial charge in [0.25, 0.3) is 11.9 Å². The Morgan fingerprint density at radius 2 is 1.77 bits per heavy atom. The van der Waals surface area contributed by atoms with Crippen molar-refractivity contribution in [2.24, 2.45) is 5.92 Å². The van der Waals surface area contributed by atoms with Crippen molar-refractivity contribution >= 4 is 11.8 Å². The summed E-state index contributed by atoms with van der Waals surface area (Å²) in [5, 5.41) is 0. The van der Waals surface area contributed by atoms with E-state index in [4.69, 9.17) is 13.9 Å². The molecule has 0 bridgehead atoms. The molecular formula is C28H30N2O5. The first-order valence-electron chi connectivity index (χ1n) is 12.2. The Balaban J connectivity index is 1.22. The Bertz CT molecular complexity index is 1170. The highest BCUT2D eigenvalue weighted by Gasteiger charge is 2.40. The Hall–Kier alpha value is -3.74. The largest absolute Gasteiger partial charge is 0.496 e. The normalized spacial score (nSPS) is 19.7. The van der Waals surface area contributed by atoms with Gasteiger partial charge >= 0.3 is 0 Å². The number of likely N-dealkylation sites (tertiary alicyclic amines) is 2. The van der Waals surface area contributed by atoms with Crippen molar-refractivity contribution in [3.05, 3.63) is 78.1 Å². The molecule has 182 valence electrons. The number of carbonyl (C=O) groups is 2. The molecule has 3 heterocycles. The van der Waals surface area contributed by atoms with E-state index in [9.17, 15) is 9.59 Å². The van der Waals surface area contributed by atoms with Gasteiger partial charge < -0.3 is 23.7 Å². The molecule has 2 fully saturated rings. The summed E-state index contributed by atoms with van der Waals surface area (Å²) in [6.45, 7) is 2.01. The Labute approximate surface area is 205 Å². The lowest BCUT2D eigenvalue weighted by molar-refractivity contribution is -0.133. The second-order valence-corrected chi connectivity index (χ2v) is 9.12. The summed E-state index contributed by atoms with van der Waals surface area (Å²) >= 11 is 0. The molecule has 7 heteroatoms. The van der Waals surface area contributed by atoms with Crippen LogP contribution < -0.4 is 9.47 Å². The Morgan fingerprint density at radius 3 is 2.60 bits per heavy atom. The quantitative estimate of drug-likeness (QED) is 0.514. The van der Waals surface area contributed by atoms with Gasteiger partial charge in [-0.3, -0.25) is 9.59 Å². The van der Waals surface area contributed by atoms with E-state index in [2.05, 4.69) is 0 Å². The van der Waals surface area contributed by atoms with Crippen molar-refractivity contribution in [1.29, 1.82) is 0 Å². The fraction of sp³-hybridized carbons (Fsp3) is 0.357. The topological polar surface area (TPSA) is 72.2 Å². The number of furan rings is 1. The SMILES string of the molecule is COc1ccccc1CC(=O)N1CC[C@@H]2[C@H](CCCN2C(=O)c2ccc(Oc3ccccc3)o2)C1. The van der Waals surface area contributed by atoms with E-state index in [1.807, 2.05) is 64.4 Å². The monoisotopic (exact) mass is 474 g/mol. The minimum atomic E-state index is -0.114. The maximum Gasteiger partial charge on any atom is 0.290 e. The molecule has 0 spiro atoms. The van der Waals surface area contributed by atoms with Crippen molar-refractivity contribution in [2.75, 3.05) is 26.7 Å². The maximum atomic E-state index is 13.3. The highest BCUT2D eigenvalue weighted by molar-refractivity contribution is 5.92. The summed E-state index contributed by atoms with van der Waals surface area (Å²) in [5.41, 5.74) is 0.897. The van der Waals surface area contributed by atoms with Crippen LogP contribution in [0.15, 0.2) is 71.1 Å². The van der Waals surface area contributed by atoms with Crippen LogP contribution in [0.2, 0.25) is 0 Å². The molecule has 35 heavy (non-hydrogen) atoms. The van der Waals surface area contributed by atoms with Crippen LogP contribution in [0.25, 0.3) is 0 Å². The van der Waals surface area contributed by atoms with E-state index < -0.39 is 0 Å². The van der Waals surface area contributed by atoms with E-state index in [0.717, 1.165) is 30.6 Å². The Kier molecular flexibility index (Phi) is 6.75. The van der Waals surface area contributed by atoms with Gasteiger partial charge in [0.05, 0.1) is 13.5 Å². The zero-order chi connectivity index (χ0) is 24.2. The number of ether oxygens (including phenoxy) is 2. The zero-order valence-electron chi connectivity index (χ0n) is 19.9. The van der Waals surface area contributed by atoms with E-state index in [0.29, 0.717) is 37.8 Å². The number of nitrogens with zero attached hydrogens (tertiary/aromatic N) is 2. The predicted molar refractivity (Wildman–Crippen MR) is 131 cm³/mol. The summed E-state index contributed by atoms with van der Waals surface area (Å²) < 4.78 is 16.9. The molecule has 2 aliphatic heterocycles. The number of para-hydroxylation sites is 2. The summed E-state index contributed by atoms with van der Waals surface area (Å²) in [5.74, 6) is 2.22. The van der Waals surface area contributed by atoms with Crippen LogP contribution in [0.5, 0.6) is 17.4 Å². The van der Waals surface area contributed by atoms with E-state index in [-0.39, 0.29) is 29.5 Å². The van der Waals surface area contributed by atoms with Gasteiger partial charge in [0.2, 0.25) is 5.91 Å². The zero-order valence-corrected chi connectivity index (χ0v) is 19.9. The van der Waals surface area contributed by atoms with Crippen LogP contribution in [0.4, 0.5) is 0 Å². The van der Waals surface area contributed by atoms with Crippen molar-refractivity contribution in [3.63, 3.8) is 0 Å². The molecule has 0 unspecified atom stereocenters. The number of methoxy groups -OCH3 is 1. The third kappa shape index (κ3) is 5.04. The fourth-order valence-electron chi connectivity index (χ4n) is 5.24. The first-order valence-corrected chi connectivity index (χ1v) is 12.2. The number of benzene rings is 2. The van der Waals surface area contributed by atoms with Crippen LogP contribution in [0, 0.1) is 5.92 Å². The minimum absolute atomic E-state index is 0.102. The second kappa shape index (κ2) is 10.3. The van der Waals surface area contributed by atoms with Crippen molar-refractivity contribution in [2.45, 2.75) is 31.7 Å². The van der Waals surface area contributed by atoms with Crippen LogP contribution >= 0.6 is 0 Å². The third-order valence-corrected chi connectivity index (χ3v) is 6.97. The number of hydrogen-bond acceptors (Lipinski definition) is 5. The maximum absolute atomic E-state index is 13.3. The van der Waals surface area contributed by atoms with Gasteiger partial charge in [0, 0.05) is 37.3 Å².